The number of esters is 2. The molecule has 0 saturated heterocycles. The summed E-state index contributed by atoms with van der Waals surface area (Å²) in [6, 6.07) is -0.741. The molecule has 0 spiro atoms. The molecule has 2 atom stereocenters. The smallest absolute Gasteiger partial charge is 0.306 e. The van der Waals surface area contributed by atoms with E-state index in [0.717, 1.165) is 25.7 Å². The Balaban J connectivity index is 4.66. The minimum absolute atomic E-state index is 0.00233. The van der Waals surface area contributed by atoms with E-state index in [9.17, 15) is 19.5 Å². The Hall–Kier alpha value is -3.23. The van der Waals surface area contributed by atoms with Crippen molar-refractivity contribution in [2.75, 3.05) is 41.0 Å². The third-order valence-electron chi connectivity index (χ3n) is 6.95. The molecule has 0 bridgehead atoms. The summed E-state index contributed by atoms with van der Waals surface area (Å²) in [5.41, 5.74) is 0. The third kappa shape index (κ3) is 27.1. The number of carbonyl (C=O) groups is 3. The zero-order chi connectivity index (χ0) is 34.3. The van der Waals surface area contributed by atoms with Crippen LogP contribution in [0.1, 0.15) is 97.3 Å². The van der Waals surface area contributed by atoms with Crippen LogP contribution in [0, 0.1) is 0 Å². The molecule has 0 aromatic rings. The summed E-state index contributed by atoms with van der Waals surface area (Å²) in [5.74, 6) is -1.89. The first-order chi connectivity index (χ1) is 22.1. The fourth-order valence-corrected chi connectivity index (χ4v) is 4.28. The number of hydrogen-bond donors (Lipinski definition) is 0. The number of quaternary nitrogens is 1. The zero-order valence-corrected chi connectivity index (χ0v) is 29.2. The van der Waals surface area contributed by atoms with E-state index in [-0.39, 0.29) is 55.5 Å². The fourth-order valence-electron chi connectivity index (χ4n) is 4.28. The van der Waals surface area contributed by atoms with Gasteiger partial charge in [-0.3, -0.25) is 9.59 Å². The van der Waals surface area contributed by atoms with Crippen LogP contribution in [0.3, 0.4) is 0 Å². The van der Waals surface area contributed by atoms with Gasteiger partial charge in [-0.1, -0.05) is 106 Å². The van der Waals surface area contributed by atoms with Crippen molar-refractivity contribution in [3.8, 4) is 0 Å². The average Bonchev–Trinajstić information content (AvgIpc) is 3.00. The summed E-state index contributed by atoms with van der Waals surface area (Å²) in [7, 11) is 5.34. The molecule has 0 saturated carbocycles. The lowest BCUT2D eigenvalue weighted by molar-refractivity contribution is -0.889. The second-order valence-corrected chi connectivity index (χ2v) is 12.1. The molecule has 0 aromatic carbocycles. The van der Waals surface area contributed by atoms with E-state index in [1.54, 1.807) is 21.1 Å². The number of likely N-dealkylation sites (N-methyl/N-ethyl adjacent to an activating group) is 1. The molecule has 0 aliphatic rings. The first kappa shape index (κ1) is 42.8. The predicted octanol–water partition coefficient (Wildman–Crippen LogP) is 6.73. The highest BCUT2D eigenvalue weighted by Gasteiger charge is 2.25. The van der Waals surface area contributed by atoms with E-state index in [0.29, 0.717) is 12.8 Å². The monoisotopic (exact) mass is 643 g/mol. The highest BCUT2D eigenvalue weighted by Crippen LogP contribution is 2.10. The Kier molecular flexibility index (Phi) is 27.1. The van der Waals surface area contributed by atoms with Gasteiger partial charge in [-0.05, 0) is 44.9 Å². The number of rotatable bonds is 28. The summed E-state index contributed by atoms with van der Waals surface area (Å²) in [4.78, 5) is 36.4. The summed E-state index contributed by atoms with van der Waals surface area (Å²) < 4.78 is 16.9. The van der Waals surface area contributed by atoms with E-state index in [1.165, 1.54) is 25.7 Å². The van der Waals surface area contributed by atoms with Crippen LogP contribution in [0.2, 0.25) is 0 Å². The number of carbonyl (C=O) groups excluding carboxylic acids is 3. The van der Waals surface area contributed by atoms with Crippen LogP contribution in [0.5, 0.6) is 0 Å². The highest BCUT2D eigenvalue weighted by atomic mass is 16.6. The van der Waals surface area contributed by atoms with E-state index in [2.05, 4.69) is 32.1 Å². The van der Waals surface area contributed by atoms with Gasteiger partial charge >= 0.3 is 11.9 Å². The molecule has 0 rings (SSSR count). The normalized spacial score (nSPS) is 14.0. The first-order valence-electron chi connectivity index (χ1n) is 17.0. The number of unbranched alkanes of at least 4 members (excludes halogenated alkanes) is 6. The number of nitrogens with zero attached hydrogens (tertiary/aromatic N) is 1. The Morgan fingerprint density at radius 2 is 1.24 bits per heavy atom. The predicted molar refractivity (Wildman–Crippen MR) is 185 cm³/mol. The lowest BCUT2D eigenvalue weighted by Gasteiger charge is -2.34. The van der Waals surface area contributed by atoms with Gasteiger partial charge in [0.2, 0.25) is 0 Å². The number of carboxylic acid groups (broad SMARTS) is 1. The molecule has 0 fully saturated rings. The molecular formula is C38H61NO7. The molecule has 0 amide bonds. The number of allylic oxidation sites excluding steroid dienone is 12. The Morgan fingerprint density at radius 1 is 0.674 bits per heavy atom. The molecule has 260 valence electrons. The van der Waals surface area contributed by atoms with Crippen molar-refractivity contribution in [3.63, 3.8) is 0 Å². The maximum absolute atomic E-state index is 12.5. The molecule has 0 radical (unpaired) electrons. The molecule has 2 unspecified atom stereocenters. The van der Waals surface area contributed by atoms with Crippen molar-refractivity contribution in [2.24, 2.45) is 0 Å². The number of ether oxygens (including phenoxy) is 3. The van der Waals surface area contributed by atoms with Crippen LogP contribution >= 0.6 is 0 Å². The van der Waals surface area contributed by atoms with Crippen LogP contribution < -0.4 is 5.11 Å². The summed E-state index contributed by atoms with van der Waals surface area (Å²) in [6.07, 6.45) is 33.8. The van der Waals surface area contributed by atoms with Gasteiger partial charge in [0.1, 0.15) is 12.6 Å². The molecule has 0 aromatic heterocycles. The summed E-state index contributed by atoms with van der Waals surface area (Å²) in [5, 5.41) is 11.5. The van der Waals surface area contributed by atoms with Crippen molar-refractivity contribution in [3.05, 3.63) is 72.9 Å². The SMILES string of the molecule is CC/C=C/C=C/C=C/C=C/C=C/CCCC(=O)OCC(COCCC(C(=O)[O-])[N+](C)(C)C)OC(=O)CCC/C=C/CCCCCC. The lowest BCUT2D eigenvalue weighted by atomic mass is 10.1. The topological polar surface area (TPSA) is 102 Å². The standard InChI is InChI=1S/C38H61NO7/c1-6-8-10-12-14-16-17-18-19-21-22-24-26-28-36(40)45-33-34(32-44-31-30-35(38(42)43)39(3,4)5)46-37(41)29-27-25-23-20-15-13-11-9-7-2/h8,10,12,14,16-23,34-35H,6-7,9,11,13,15,24-33H2,1-5H3/b10-8+,14-12+,17-16+,19-18+,22-21+,23-20+. The Labute approximate surface area is 279 Å². The van der Waals surface area contributed by atoms with Gasteiger partial charge in [0.15, 0.2) is 6.10 Å². The van der Waals surface area contributed by atoms with Crippen LogP contribution in [-0.2, 0) is 28.6 Å². The first-order valence-corrected chi connectivity index (χ1v) is 17.0. The van der Waals surface area contributed by atoms with Crippen LogP contribution in [0.15, 0.2) is 72.9 Å². The van der Waals surface area contributed by atoms with Gasteiger partial charge in [-0.2, -0.15) is 0 Å². The summed E-state index contributed by atoms with van der Waals surface area (Å²) in [6.45, 7) is 4.32. The molecule has 0 heterocycles. The maximum Gasteiger partial charge on any atom is 0.306 e. The van der Waals surface area contributed by atoms with Gasteiger partial charge in [0, 0.05) is 19.3 Å². The van der Waals surface area contributed by atoms with Gasteiger partial charge in [0.25, 0.3) is 0 Å². The average molecular weight is 644 g/mol. The van der Waals surface area contributed by atoms with Crippen LogP contribution in [0.25, 0.3) is 0 Å². The molecule has 0 aliphatic carbocycles. The van der Waals surface area contributed by atoms with Gasteiger partial charge in [-0.25, -0.2) is 0 Å². The highest BCUT2D eigenvalue weighted by molar-refractivity contribution is 5.70. The minimum atomic E-state index is -1.14. The molecule has 0 N–H and O–H groups in total. The van der Waals surface area contributed by atoms with E-state index in [1.807, 2.05) is 54.7 Å². The van der Waals surface area contributed by atoms with Gasteiger partial charge in [-0.15, -0.1) is 0 Å². The van der Waals surface area contributed by atoms with Crippen molar-refractivity contribution >= 4 is 17.9 Å². The van der Waals surface area contributed by atoms with E-state index in [4.69, 9.17) is 14.2 Å². The van der Waals surface area contributed by atoms with Crippen LogP contribution in [-0.4, -0.2) is 75.5 Å². The van der Waals surface area contributed by atoms with Crippen molar-refractivity contribution in [2.45, 2.75) is 109 Å². The second kappa shape index (κ2) is 29.2. The number of aliphatic carboxylic acids is 1. The third-order valence-corrected chi connectivity index (χ3v) is 6.95. The van der Waals surface area contributed by atoms with Gasteiger partial charge in [0.05, 0.1) is 40.3 Å². The minimum Gasteiger partial charge on any atom is -0.544 e. The Morgan fingerprint density at radius 3 is 1.83 bits per heavy atom. The largest absolute Gasteiger partial charge is 0.544 e. The number of carboxylic acids is 1. The van der Waals surface area contributed by atoms with Crippen LogP contribution in [0.4, 0.5) is 0 Å². The Bertz CT molecular complexity index is 985. The molecular weight excluding hydrogens is 582 g/mol. The molecule has 46 heavy (non-hydrogen) atoms. The van der Waals surface area contributed by atoms with Crippen molar-refractivity contribution in [1.82, 2.24) is 0 Å². The fraction of sp³-hybridized carbons (Fsp3) is 0.605. The lowest BCUT2D eigenvalue weighted by Crippen LogP contribution is -2.55. The summed E-state index contributed by atoms with van der Waals surface area (Å²) >= 11 is 0. The molecule has 8 heteroatoms. The number of hydrogen-bond acceptors (Lipinski definition) is 7. The molecule has 0 aliphatic heterocycles. The molecule has 8 nitrogen and oxygen atoms in total. The quantitative estimate of drug-likeness (QED) is 0.0306. The van der Waals surface area contributed by atoms with E-state index >= 15 is 0 Å². The van der Waals surface area contributed by atoms with Crippen molar-refractivity contribution < 1.29 is 38.2 Å². The zero-order valence-electron chi connectivity index (χ0n) is 29.2. The maximum atomic E-state index is 12.5. The van der Waals surface area contributed by atoms with E-state index < -0.39 is 18.1 Å². The second-order valence-electron chi connectivity index (χ2n) is 12.1. The van der Waals surface area contributed by atoms with Gasteiger partial charge < -0.3 is 28.6 Å². The van der Waals surface area contributed by atoms with Crippen molar-refractivity contribution in [1.29, 1.82) is 0 Å².